The molecule has 1 aliphatic heterocycles. The largest absolute Gasteiger partial charge is 0.496 e. The van der Waals surface area contributed by atoms with E-state index in [4.69, 9.17) is 14.5 Å². The molecule has 1 saturated carbocycles. The van der Waals surface area contributed by atoms with Crippen molar-refractivity contribution in [3.63, 3.8) is 0 Å². The number of ether oxygens (including phenoxy) is 2. The summed E-state index contributed by atoms with van der Waals surface area (Å²) in [5.74, 6) is 1.05. The summed E-state index contributed by atoms with van der Waals surface area (Å²) in [7, 11) is 1.77. The van der Waals surface area contributed by atoms with E-state index in [2.05, 4.69) is 23.6 Å². The fourth-order valence-corrected chi connectivity index (χ4v) is 6.12. The molecule has 3 heterocycles. The summed E-state index contributed by atoms with van der Waals surface area (Å²) in [4.78, 5) is 6.19. The molecule has 4 heteroatoms. The number of aromatic nitrogens is 1. The van der Waals surface area contributed by atoms with Crippen molar-refractivity contribution in [1.29, 1.82) is 0 Å². The Hall–Kier alpha value is -1.39. The Labute approximate surface area is 167 Å². The molecule has 0 N–H and O–H groups in total. The van der Waals surface area contributed by atoms with Gasteiger partial charge in [0, 0.05) is 28.8 Å². The molecular weight excluding hydrogens is 354 g/mol. The first kappa shape index (κ1) is 18.9. The fourth-order valence-electron chi connectivity index (χ4n) is 5.24. The number of aryl methyl sites for hydroxylation is 1. The molecule has 1 atom stereocenters. The van der Waals surface area contributed by atoms with E-state index in [0.717, 1.165) is 31.6 Å². The number of hydrogen-bond acceptors (Lipinski definition) is 4. The minimum atomic E-state index is 0.118. The molecule has 0 unspecified atom stereocenters. The summed E-state index contributed by atoms with van der Waals surface area (Å²) in [6, 6.07) is 8.51. The standard InChI is InChI=1S/C23H31NO2S/c1-25-19-10-17-27-20(19)8-2-4-11-22(21-9-3-7-15-24-21)14-16-26-23(18-22)12-5-6-13-23/h3,7,9-10,15,17H,2,4-6,8,11-14,16,18H2,1H3/t22-/m0/s1. The first-order chi connectivity index (χ1) is 13.3. The molecule has 27 heavy (non-hydrogen) atoms. The lowest BCUT2D eigenvalue weighted by atomic mass is 9.67. The molecule has 2 aliphatic rings. The van der Waals surface area contributed by atoms with Gasteiger partial charge in [0.15, 0.2) is 0 Å². The zero-order valence-electron chi connectivity index (χ0n) is 16.4. The molecule has 4 rings (SSSR count). The van der Waals surface area contributed by atoms with Gasteiger partial charge in [-0.15, -0.1) is 11.3 Å². The van der Waals surface area contributed by atoms with E-state index in [9.17, 15) is 0 Å². The van der Waals surface area contributed by atoms with Crippen LogP contribution in [0.1, 0.15) is 68.4 Å². The van der Waals surface area contributed by atoms with Gasteiger partial charge in [0.25, 0.3) is 0 Å². The molecule has 2 fully saturated rings. The molecule has 1 aliphatic carbocycles. The lowest BCUT2D eigenvalue weighted by molar-refractivity contribution is -0.104. The van der Waals surface area contributed by atoms with Crippen LogP contribution < -0.4 is 4.74 Å². The van der Waals surface area contributed by atoms with Crippen LogP contribution in [0.4, 0.5) is 0 Å². The maximum Gasteiger partial charge on any atom is 0.132 e. The van der Waals surface area contributed by atoms with Crippen molar-refractivity contribution in [3.8, 4) is 5.75 Å². The van der Waals surface area contributed by atoms with Crippen molar-refractivity contribution in [2.45, 2.75) is 75.2 Å². The van der Waals surface area contributed by atoms with E-state index >= 15 is 0 Å². The van der Waals surface area contributed by atoms with Crippen molar-refractivity contribution in [3.05, 3.63) is 46.4 Å². The first-order valence-corrected chi connectivity index (χ1v) is 11.3. The number of methoxy groups -OCH3 is 1. The summed E-state index contributed by atoms with van der Waals surface area (Å²) in [5.41, 5.74) is 1.59. The molecule has 1 saturated heterocycles. The SMILES string of the molecule is COc1ccsc1CCCC[C@]1(c2ccccn2)CCOC2(CCCC2)C1. The summed E-state index contributed by atoms with van der Waals surface area (Å²) in [5, 5.41) is 2.13. The fraction of sp³-hybridized carbons (Fsp3) is 0.609. The van der Waals surface area contributed by atoms with Crippen LogP contribution in [-0.4, -0.2) is 24.3 Å². The highest BCUT2D eigenvalue weighted by atomic mass is 32.1. The summed E-state index contributed by atoms with van der Waals surface area (Å²) < 4.78 is 11.8. The number of nitrogens with zero attached hydrogens (tertiary/aromatic N) is 1. The van der Waals surface area contributed by atoms with Crippen LogP contribution in [0.2, 0.25) is 0 Å². The second-order valence-corrected chi connectivity index (χ2v) is 9.28. The predicted octanol–water partition coefficient (Wildman–Crippen LogP) is 5.93. The highest BCUT2D eigenvalue weighted by molar-refractivity contribution is 7.10. The number of pyridine rings is 1. The van der Waals surface area contributed by atoms with Gasteiger partial charge in [-0.2, -0.15) is 0 Å². The predicted molar refractivity (Wildman–Crippen MR) is 111 cm³/mol. The third-order valence-electron chi connectivity index (χ3n) is 6.61. The van der Waals surface area contributed by atoms with Crippen molar-refractivity contribution >= 4 is 11.3 Å². The first-order valence-electron chi connectivity index (χ1n) is 10.4. The highest BCUT2D eigenvalue weighted by Crippen LogP contribution is 2.50. The second-order valence-electron chi connectivity index (χ2n) is 8.28. The second kappa shape index (κ2) is 8.32. The zero-order valence-corrected chi connectivity index (χ0v) is 17.2. The molecule has 0 amide bonds. The van der Waals surface area contributed by atoms with Gasteiger partial charge < -0.3 is 9.47 Å². The van der Waals surface area contributed by atoms with Crippen LogP contribution in [0.5, 0.6) is 5.75 Å². The molecule has 3 nitrogen and oxygen atoms in total. The van der Waals surface area contributed by atoms with Crippen molar-refractivity contribution in [2.75, 3.05) is 13.7 Å². The minimum absolute atomic E-state index is 0.118. The quantitative estimate of drug-likeness (QED) is 0.554. The summed E-state index contributed by atoms with van der Waals surface area (Å²) >= 11 is 1.81. The Morgan fingerprint density at radius 3 is 2.81 bits per heavy atom. The molecular formula is C23H31NO2S. The Morgan fingerprint density at radius 1 is 1.15 bits per heavy atom. The van der Waals surface area contributed by atoms with E-state index in [1.165, 1.54) is 55.5 Å². The van der Waals surface area contributed by atoms with Gasteiger partial charge >= 0.3 is 0 Å². The van der Waals surface area contributed by atoms with Crippen LogP contribution in [0.25, 0.3) is 0 Å². The molecule has 2 aromatic heterocycles. The summed E-state index contributed by atoms with van der Waals surface area (Å²) in [6.45, 7) is 0.884. The van der Waals surface area contributed by atoms with Crippen LogP contribution in [0, 0.1) is 0 Å². The maximum atomic E-state index is 6.36. The third kappa shape index (κ3) is 4.07. The highest BCUT2D eigenvalue weighted by Gasteiger charge is 2.48. The van der Waals surface area contributed by atoms with E-state index in [1.807, 2.05) is 23.6 Å². The van der Waals surface area contributed by atoms with Gasteiger partial charge in [0.1, 0.15) is 5.75 Å². The van der Waals surface area contributed by atoms with Gasteiger partial charge in [-0.3, -0.25) is 4.98 Å². The lowest BCUT2D eigenvalue weighted by Gasteiger charge is -2.46. The van der Waals surface area contributed by atoms with Gasteiger partial charge in [0.05, 0.1) is 12.7 Å². The topological polar surface area (TPSA) is 31.4 Å². The normalized spacial score (nSPS) is 24.3. The minimum Gasteiger partial charge on any atom is -0.496 e. The average molecular weight is 386 g/mol. The van der Waals surface area contributed by atoms with Gasteiger partial charge in [-0.05, 0) is 68.5 Å². The number of thiophene rings is 1. The van der Waals surface area contributed by atoms with Crippen LogP contribution in [0.3, 0.4) is 0 Å². The average Bonchev–Trinajstić information content (AvgIpc) is 3.35. The molecule has 1 spiro atoms. The van der Waals surface area contributed by atoms with Crippen LogP contribution in [-0.2, 0) is 16.6 Å². The van der Waals surface area contributed by atoms with E-state index in [0.29, 0.717) is 0 Å². The van der Waals surface area contributed by atoms with E-state index in [1.54, 1.807) is 7.11 Å². The molecule has 146 valence electrons. The monoisotopic (exact) mass is 385 g/mol. The molecule has 0 bridgehead atoms. The van der Waals surface area contributed by atoms with E-state index in [-0.39, 0.29) is 11.0 Å². The smallest absolute Gasteiger partial charge is 0.132 e. The van der Waals surface area contributed by atoms with E-state index < -0.39 is 0 Å². The van der Waals surface area contributed by atoms with Gasteiger partial charge in [0.2, 0.25) is 0 Å². The molecule has 0 aromatic carbocycles. The van der Waals surface area contributed by atoms with Crippen LogP contribution >= 0.6 is 11.3 Å². The number of hydrogen-bond donors (Lipinski definition) is 0. The Bertz CT molecular complexity index is 723. The molecule has 0 radical (unpaired) electrons. The number of unbranched alkanes of at least 4 members (excludes halogenated alkanes) is 1. The molecule has 2 aromatic rings. The van der Waals surface area contributed by atoms with Crippen molar-refractivity contribution < 1.29 is 9.47 Å². The van der Waals surface area contributed by atoms with Crippen molar-refractivity contribution in [2.24, 2.45) is 0 Å². The van der Waals surface area contributed by atoms with Gasteiger partial charge in [-0.25, -0.2) is 0 Å². The Morgan fingerprint density at radius 2 is 2.04 bits per heavy atom. The summed E-state index contributed by atoms with van der Waals surface area (Å²) in [6.07, 6.45) is 14.1. The number of rotatable bonds is 7. The maximum absolute atomic E-state index is 6.36. The Balaban J connectivity index is 1.46. The Kier molecular flexibility index (Phi) is 5.84. The van der Waals surface area contributed by atoms with Crippen molar-refractivity contribution in [1.82, 2.24) is 4.98 Å². The third-order valence-corrected chi connectivity index (χ3v) is 7.57. The zero-order chi connectivity index (χ0) is 18.6. The lowest BCUT2D eigenvalue weighted by Crippen LogP contribution is -2.46. The van der Waals surface area contributed by atoms with Gasteiger partial charge in [-0.1, -0.05) is 25.3 Å². The van der Waals surface area contributed by atoms with Crippen LogP contribution in [0.15, 0.2) is 35.8 Å².